The van der Waals surface area contributed by atoms with Crippen molar-refractivity contribution in [3.05, 3.63) is 69.2 Å². The van der Waals surface area contributed by atoms with Crippen molar-refractivity contribution < 1.29 is 27.9 Å². The second kappa shape index (κ2) is 10.7. The summed E-state index contributed by atoms with van der Waals surface area (Å²) in [4.78, 5) is 30.5. The monoisotopic (exact) mass is 577 g/mol. The van der Waals surface area contributed by atoms with Gasteiger partial charge >= 0.3 is 6.18 Å². The highest BCUT2D eigenvalue weighted by atomic mass is 35.5. The number of nitrogens with one attached hydrogen (secondary N) is 1. The number of fused-ring (bicyclic) bond motifs is 1. The molecule has 0 saturated carbocycles. The molecule has 3 aromatic rings. The first-order chi connectivity index (χ1) is 18.5. The van der Waals surface area contributed by atoms with Gasteiger partial charge in [-0.1, -0.05) is 23.7 Å². The zero-order valence-electron chi connectivity index (χ0n) is 20.6. The number of benzene rings is 2. The second-order valence-electron chi connectivity index (χ2n) is 9.35. The average molecular weight is 578 g/mol. The van der Waals surface area contributed by atoms with Crippen LogP contribution in [0.15, 0.2) is 52.5 Å². The van der Waals surface area contributed by atoms with Crippen LogP contribution in [0.3, 0.4) is 0 Å². The number of thioether (sulfide) groups is 1. The van der Waals surface area contributed by atoms with Crippen LogP contribution in [-0.4, -0.2) is 62.0 Å². The fraction of sp³-hybridized carbons (Fsp3) is 0.308. The van der Waals surface area contributed by atoms with Gasteiger partial charge in [-0.2, -0.15) is 23.3 Å². The molecule has 3 heterocycles. The number of halogens is 4. The molecule has 0 aliphatic carbocycles. The van der Waals surface area contributed by atoms with E-state index in [4.69, 9.17) is 11.6 Å². The van der Waals surface area contributed by atoms with Crippen LogP contribution in [-0.2, 0) is 22.3 Å². The lowest BCUT2D eigenvalue weighted by Gasteiger charge is -2.23. The number of nitrogens with zero attached hydrogens (tertiary/aromatic N) is 4. The Morgan fingerprint density at radius 1 is 1.28 bits per heavy atom. The zero-order chi connectivity index (χ0) is 27.9. The van der Waals surface area contributed by atoms with Crippen molar-refractivity contribution >= 4 is 57.3 Å². The number of aliphatic hydroxyl groups is 1. The summed E-state index contributed by atoms with van der Waals surface area (Å²) in [5, 5.41) is 18.1. The molecule has 2 atom stereocenters. The molecule has 0 unspecified atom stereocenters. The predicted molar refractivity (Wildman–Crippen MR) is 143 cm³/mol. The van der Waals surface area contributed by atoms with Crippen molar-refractivity contribution in [2.45, 2.75) is 38.1 Å². The van der Waals surface area contributed by atoms with Crippen LogP contribution in [0.2, 0.25) is 5.02 Å². The van der Waals surface area contributed by atoms with Gasteiger partial charge in [-0.05, 0) is 59.7 Å². The van der Waals surface area contributed by atoms with E-state index in [0.717, 1.165) is 6.07 Å². The third kappa shape index (κ3) is 5.82. The zero-order valence-corrected chi connectivity index (χ0v) is 22.1. The van der Waals surface area contributed by atoms with Crippen LogP contribution in [0.1, 0.15) is 30.0 Å². The minimum absolute atomic E-state index is 0.00435. The summed E-state index contributed by atoms with van der Waals surface area (Å²) in [6.45, 7) is 1.64. The molecule has 0 bridgehead atoms. The largest absolute Gasteiger partial charge is 0.416 e. The molecule has 0 spiro atoms. The van der Waals surface area contributed by atoms with E-state index in [2.05, 4.69) is 15.4 Å². The summed E-state index contributed by atoms with van der Waals surface area (Å²) in [5.41, 5.74) is 0.574. The first-order valence-electron chi connectivity index (χ1n) is 12.0. The third-order valence-electron chi connectivity index (χ3n) is 6.55. The van der Waals surface area contributed by atoms with Crippen LogP contribution < -0.4 is 5.32 Å². The minimum Gasteiger partial charge on any atom is -0.394 e. The highest BCUT2D eigenvalue weighted by Gasteiger charge is 2.38. The molecule has 2 amide bonds. The Bertz CT molecular complexity index is 1520. The molecule has 204 valence electrons. The number of aliphatic imine (C=N–C) groups is 1. The van der Waals surface area contributed by atoms with Gasteiger partial charge in [-0.3, -0.25) is 14.3 Å². The van der Waals surface area contributed by atoms with Gasteiger partial charge in [0.2, 0.25) is 5.91 Å². The van der Waals surface area contributed by atoms with E-state index < -0.39 is 17.6 Å². The third-order valence-corrected chi connectivity index (χ3v) is 7.80. The lowest BCUT2D eigenvalue weighted by atomic mass is 10.1. The number of aliphatic hydroxyl groups excluding tert-OH is 1. The van der Waals surface area contributed by atoms with E-state index in [1.165, 1.54) is 35.5 Å². The van der Waals surface area contributed by atoms with Crippen molar-refractivity contribution in [2.75, 3.05) is 13.2 Å². The maximum atomic E-state index is 13.5. The molecule has 8 nitrogen and oxygen atoms in total. The summed E-state index contributed by atoms with van der Waals surface area (Å²) in [7, 11) is 0. The van der Waals surface area contributed by atoms with Gasteiger partial charge in [-0.15, -0.1) is 0 Å². The van der Waals surface area contributed by atoms with Gasteiger partial charge in [0.25, 0.3) is 5.91 Å². The van der Waals surface area contributed by atoms with Crippen LogP contribution in [0.25, 0.3) is 17.0 Å². The van der Waals surface area contributed by atoms with Crippen LogP contribution in [0, 0.1) is 0 Å². The smallest absolute Gasteiger partial charge is 0.394 e. The van der Waals surface area contributed by atoms with Crippen molar-refractivity contribution in [2.24, 2.45) is 4.99 Å². The molecule has 1 saturated heterocycles. The summed E-state index contributed by atoms with van der Waals surface area (Å²) in [5.74, 6) is -0.572. The molecule has 2 aliphatic heterocycles. The Kier molecular flexibility index (Phi) is 7.45. The fourth-order valence-corrected chi connectivity index (χ4v) is 5.99. The number of carbonyl (C=O) groups is 2. The molecular weight excluding hydrogens is 555 g/mol. The van der Waals surface area contributed by atoms with Gasteiger partial charge in [-0.25, -0.2) is 0 Å². The molecule has 13 heteroatoms. The van der Waals surface area contributed by atoms with E-state index in [-0.39, 0.29) is 41.7 Å². The van der Waals surface area contributed by atoms with E-state index in [1.807, 2.05) is 4.90 Å². The highest BCUT2D eigenvalue weighted by molar-refractivity contribution is 8.18. The van der Waals surface area contributed by atoms with Crippen molar-refractivity contribution in [1.29, 1.82) is 0 Å². The minimum atomic E-state index is -4.55. The molecule has 1 fully saturated rings. The fourth-order valence-electron chi connectivity index (χ4n) is 4.82. The predicted octanol–water partition coefficient (Wildman–Crippen LogP) is 4.30. The van der Waals surface area contributed by atoms with E-state index >= 15 is 0 Å². The van der Waals surface area contributed by atoms with Crippen molar-refractivity contribution in [3.8, 4) is 0 Å². The van der Waals surface area contributed by atoms with Crippen molar-refractivity contribution in [1.82, 2.24) is 20.0 Å². The highest BCUT2D eigenvalue weighted by Crippen LogP contribution is 2.36. The number of carbonyl (C=O) groups excluding carboxylic acids is 2. The average Bonchev–Trinajstić information content (AvgIpc) is 3.56. The number of hydrogen-bond acceptors (Lipinski definition) is 6. The number of amidine groups is 1. The molecule has 2 aliphatic rings. The number of likely N-dealkylation sites (tertiary alicyclic amines) is 1. The van der Waals surface area contributed by atoms with Crippen molar-refractivity contribution in [3.63, 3.8) is 0 Å². The maximum absolute atomic E-state index is 13.5. The molecule has 2 aromatic carbocycles. The normalized spacial score (nSPS) is 20.8. The van der Waals surface area contributed by atoms with Gasteiger partial charge in [0.15, 0.2) is 5.17 Å². The Morgan fingerprint density at radius 3 is 2.79 bits per heavy atom. The van der Waals surface area contributed by atoms with Crippen LogP contribution in [0.5, 0.6) is 0 Å². The number of aromatic nitrogens is 2. The Balaban J connectivity index is 1.34. The number of alkyl halides is 3. The SMILES string of the molecule is CC(=O)N[C@@H]1C[C@H](CO)N(C2=NC(=O)/C(=C\c3ccc4c(cnn4Cc4ccc(Cl)cc4C(F)(F)F)c3)S2)C1. The van der Waals surface area contributed by atoms with Crippen LogP contribution in [0.4, 0.5) is 13.2 Å². The van der Waals surface area contributed by atoms with E-state index in [1.54, 1.807) is 30.5 Å². The Labute approximate surface area is 230 Å². The van der Waals surface area contributed by atoms with Gasteiger partial charge in [0.05, 0.1) is 41.4 Å². The maximum Gasteiger partial charge on any atom is 0.416 e. The molecule has 0 radical (unpaired) electrons. The molecule has 2 N–H and O–H groups in total. The van der Waals surface area contributed by atoms with E-state index in [9.17, 15) is 27.9 Å². The van der Waals surface area contributed by atoms with Crippen LogP contribution >= 0.6 is 23.4 Å². The van der Waals surface area contributed by atoms with Gasteiger partial charge in [0, 0.05) is 29.9 Å². The lowest BCUT2D eigenvalue weighted by molar-refractivity contribution is -0.138. The van der Waals surface area contributed by atoms with Gasteiger partial charge < -0.3 is 15.3 Å². The first-order valence-corrected chi connectivity index (χ1v) is 13.2. The Morgan fingerprint density at radius 2 is 2.08 bits per heavy atom. The quantitative estimate of drug-likeness (QED) is 0.439. The summed E-state index contributed by atoms with van der Waals surface area (Å²) >= 11 is 6.99. The second-order valence-corrected chi connectivity index (χ2v) is 10.8. The molecule has 5 rings (SSSR count). The molecular formula is C26H23ClF3N5O3S. The summed E-state index contributed by atoms with van der Waals surface area (Å²) in [6.07, 6.45) is -0.753. The summed E-state index contributed by atoms with van der Waals surface area (Å²) < 4.78 is 42.0. The number of amides is 2. The topological polar surface area (TPSA) is 99.8 Å². The lowest BCUT2D eigenvalue weighted by Crippen LogP contribution is -2.38. The Hall–Kier alpha value is -3.35. The standard InChI is InChI=1S/C26H23ClF3N5O3S/c1-14(37)32-19-9-20(13-36)34(12-19)25-33-24(38)23(39-25)7-15-2-5-22-17(6-15)10-31-35(22)11-16-3-4-18(27)8-21(16)26(28,29)30/h2-8,10,19-20,36H,9,11-13H2,1H3,(H,32,37)/b23-7+/t19-,20-/m1/s1. The van der Waals surface area contributed by atoms with E-state index in [0.29, 0.717) is 39.5 Å². The molecule has 1 aromatic heterocycles. The number of hydrogen-bond donors (Lipinski definition) is 2. The molecule has 39 heavy (non-hydrogen) atoms. The summed E-state index contributed by atoms with van der Waals surface area (Å²) in [6, 6.07) is 8.55. The first kappa shape index (κ1) is 27.2. The van der Waals surface area contributed by atoms with Gasteiger partial charge in [0.1, 0.15) is 0 Å². The number of rotatable bonds is 5.